The highest BCUT2D eigenvalue weighted by atomic mass is 79.9. The van der Waals surface area contributed by atoms with E-state index in [-0.39, 0.29) is 5.76 Å². The number of methoxy groups -OCH3 is 1. The largest absolute Gasteiger partial charge is 0.475 e. The lowest BCUT2D eigenvalue weighted by Crippen LogP contribution is -2.03. The van der Waals surface area contributed by atoms with Gasteiger partial charge in [-0.05, 0) is 25.1 Å². The number of halogens is 1. The summed E-state index contributed by atoms with van der Waals surface area (Å²) in [6.07, 6.45) is 0. The van der Waals surface area contributed by atoms with E-state index in [1.165, 1.54) is 0 Å². The molecule has 5 nitrogen and oxygen atoms in total. The number of aryl methyl sites for hydroxylation is 1. The number of carboxylic acid groups (broad SMARTS) is 1. The molecule has 1 aromatic heterocycles. The molecule has 21 heavy (non-hydrogen) atoms. The van der Waals surface area contributed by atoms with Crippen LogP contribution in [0.25, 0.3) is 0 Å². The number of benzene rings is 1. The lowest BCUT2D eigenvalue weighted by molar-refractivity contribution is 0.0659. The maximum Gasteiger partial charge on any atom is 0.372 e. The molecule has 0 unspecified atom stereocenters. The molecule has 6 heteroatoms. The predicted octanol–water partition coefficient (Wildman–Crippen LogP) is 3.81. The quantitative estimate of drug-likeness (QED) is 0.826. The third-order valence-corrected chi connectivity index (χ3v) is 3.77. The van der Waals surface area contributed by atoms with Gasteiger partial charge in [0.1, 0.15) is 5.76 Å². The molecule has 0 saturated heterocycles. The molecule has 2 rings (SSSR count). The van der Waals surface area contributed by atoms with E-state index in [1.807, 2.05) is 18.2 Å². The third-order valence-electron chi connectivity index (χ3n) is 3.02. The molecule has 0 aliphatic carbocycles. The predicted molar refractivity (Wildman–Crippen MR) is 82.6 cm³/mol. The number of carbonyl (C=O) groups is 1. The standard InChI is InChI=1S/C15H16BrNO4/c1-9-6-10(21-14(9)15(18)19)7-17-13-5-3-4-12(16)11(13)8-20-2/h3-6,17H,7-8H2,1-2H3,(H,18,19). The Labute approximate surface area is 131 Å². The molecule has 112 valence electrons. The Kier molecular flexibility index (Phi) is 5.03. The number of ether oxygens (including phenoxy) is 1. The minimum absolute atomic E-state index is 0.0156. The van der Waals surface area contributed by atoms with E-state index >= 15 is 0 Å². The highest BCUT2D eigenvalue weighted by molar-refractivity contribution is 9.10. The number of carboxylic acids is 1. The first-order chi connectivity index (χ1) is 10.0. The zero-order chi connectivity index (χ0) is 15.4. The second-order valence-electron chi connectivity index (χ2n) is 4.58. The normalized spacial score (nSPS) is 10.6. The summed E-state index contributed by atoms with van der Waals surface area (Å²) in [6, 6.07) is 7.53. The van der Waals surface area contributed by atoms with Crippen molar-refractivity contribution in [3.63, 3.8) is 0 Å². The van der Waals surface area contributed by atoms with Crippen molar-refractivity contribution < 1.29 is 19.1 Å². The van der Waals surface area contributed by atoms with E-state index in [4.69, 9.17) is 14.3 Å². The number of rotatable bonds is 6. The van der Waals surface area contributed by atoms with E-state index in [2.05, 4.69) is 21.2 Å². The summed E-state index contributed by atoms with van der Waals surface area (Å²) in [5, 5.41) is 12.2. The van der Waals surface area contributed by atoms with E-state index in [1.54, 1.807) is 20.1 Å². The molecule has 0 spiro atoms. The molecule has 0 fully saturated rings. The maximum absolute atomic E-state index is 11.0. The molecule has 2 aromatic rings. The highest BCUT2D eigenvalue weighted by Crippen LogP contribution is 2.26. The molecule has 2 N–H and O–H groups in total. The van der Waals surface area contributed by atoms with Crippen molar-refractivity contribution in [2.45, 2.75) is 20.1 Å². The smallest absolute Gasteiger partial charge is 0.372 e. The number of nitrogens with one attached hydrogen (secondary N) is 1. The van der Waals surface area contributed by atoms with Crippen LogP contribution in [0, 0.1) is 6.92 Å². The zero-order valence-electron chi connectivity index (χ0n) is 11.8. The topological polar surface area (TPSA) is 71.7 Å². The molecule has 0 aliphatic rings. The summed E-state index contributed by atoms with van der Waals surface area (Å²) in [7, 11) is 1.64. The Hall–Kier alpha value is -1.79. The van der Waals surface area contributed by atoms with E-state index < -0.39 is 5.97 Å². The highest BCUT2D eigenvalue weighted by Gasteiger charge is 2.14. The number of anilines is 1. The van der Waals surface area contributed by atoms with Gasteiger partial charge in [0.2, 0.25) is 5.76 Å². The van der Waals surface area contributed by atoms with Gasteiger partial charge in [-0.15, -0.1) is 0 Å². The van der Waals surface area contributed by atoms with Gasteiger partial charge in [-0.1, -0.05) is 22.0 Å². The SMILES string of the molecule is COCc1c(Br)cccc1NCc1cc(C)c(C(=O)O)o1. The second kappa shape index (κ2) is 6.78. The van der Waals surface area contributed by atoms with Crippen LogP contribution in [0.15, 0.2) is 33.2 Å². The molecule has 0 atom stereocenters. The van der Waals surface area contributed by atoms with Crippen molar-refractivity contribution in [1.82, 2.24) is 0 Å². The molecule has 0 bridgehead atoms. The van der Waals surface area contributed by atoms with Crippen LogP contribution < -0.4 is 5.32 Å². The van der Waals surface area contributed by atoms with Crippen LogP contribution >= 0.6 is 15.9 Å². The molecular weight excluding hydrogens is 338 g/mol. The number of hydrogen-bond acceptors (Lipinski definition) is 4. The Bertz CT molecular complexity index is 651. The molecule has 0 saturated carbocycles. The van der Waals surface area contributed by atoms with Crippen molar-refractivity contribution >= 4 is 27.6 Å². The second-order valence-corrected chi connectivity index (χ2v) is 5.44. The molecule has 0 aliphatic heterocycles. The Morgan fingerprint density at radius 1 is 1.48 bits per heavy atom. The van der Waals surface area contributed by atoms with Gasteiger partial charge >= 0.3 is 5.97 Å². The van der Waals surface area contributed by atoms with Crippen LogP contribution in [0.5, 0.6) is 0 Å². The lowest BCUT2D eigenvalue weighted by Gasteiger charge is -2.12. The Morgan fingerprint density at radius 2 is 2.24 bits per heavy atom. The van der Waals surface area contributed by atoms with Crippen LogP contribution in [0.2, 0.25) is 0 Å². The number of hydrogen-bond donors (Lipinski definition) is 2. The summed E-state index contributed by atoms with van der Waals surface area (Å²) in [6.45, 7) is 2.59. The number of furan rings is 1. The molecular formula is C15H16BrNO4. The van der Waals surface area contributed by atoms with Crippen molar-refractivity contribution in [3.05, 3.63) is 51.4 Å². The van der Waals surface area contributed by atoms with Crippen LogP contribution in [-0.4, -0.2) is 18.2 Å². The first-order valence-corrected chi connectivity index (χ1v) is 7.15. The van der Waals surface area contributed by atoms with E-state index in [0.717, 1.165) is 15.7 Å². The summed E-state index contributed by atoms with van der Waals surface area (Å²) >= 11 is 3.49. The Balaban J connectivity index is 2.15. The van der Waals surface area contributed by atoms with Gasteiger partial charge in [0.25, 0.3) is 0 Å². The minimum atomic E-state index is -1.05. The zero-order valence-corrected chi connectivity index (χ0v) is 13.4. The Morgan fingerprint density at radius 3 is 2.86 bits per heavy atom. The molecule has 0 radical (unpaired) electrons. The van der Waals surface area contributed by atoms with Gasteiger partial charge in [0.05, 0.1) is 13.2 Å². The summed E-state index contributed by atoms with van der Waals surface area (Å²) in [5.74, 6) is -0.493. The molecule has 0 amide bonds. The summed E-state index contributed by atoms with van der Waals surface area (Å²) in [4.78, 5) is 11.0. The fourth-order valence-electron chi connectivity index (χ4n) is 2.05. The van der Waals surface area contributed by atoms with Crippen molar-refractivity contribution in [1.29, 1.82) is 0 Å². The maximum atomic E-state index is 11.0. The summed E-state index contributed by atoms with van der Waals surface area (Å²) in [5.41, 5.74) is 2.53. The minimum Gasteiger partial charge on any atom is -0.475 e. The van der Waals surface area contributed by atoms with Gasteiger partial charge < -0.3 is 19.6 Å². The molecule has 1 aromatic carbocycles. The van der Waals surface area contributed by atoms with Gasteiger partial charge in [-0.2, -0.15) is 0 Å². The lowest BCUT2D eigenvalue weighted by atomic mass is 10.2. The summed E-state index contributed by atoms with van der Waals surface area (Å²) < 4.78 is 11.5. The van der Waals surface area contributed by atoms with Crippen LogP contribution in [0.1, 0.15) is 27.4 Å². The van der Waals surface area contributed by atoms with Crippen molar-refractivity contribution in [3.8, 4) is 0 Å². The average molecular weight is 354 g/mol. The molecule has 1 heterocycles. The van der Waals surface area contributed by atoms with E-state index in [9.17, 15) is 4.79 Å². The first-order valence-electron chi connectivity index (χ1n) is 6.35. The van der Waals surface area contributed by atoms with E-state index in [0.29, 0.717) is 24.5 Å². The van der Waals surface area contributed by atoms with Gasteiger partial charge in [-0.25, -0.2) is 4.79 Å². The van der Waals surface area contributed by atoms with Crippen molar-refractivity contribution in [2.24, 2.45) is 0 Å². The van der Waals surface area contributed by atoms with Gasteiger partial charge in [0.15, 0.2) is 0 Å². The van der Waals surface area contributed by atoms with Gasteiger partial charge in [-0.3, -0.25) is 0 Å². The average Bonchev–Trinajstić information content (AvgIpc) is 2.81. The third kappa shape index (κ3) is 3.65. The number of aromatic carboxylic acids is 1. The van der Waals surface area contributed by atoms with Crippen LogP contribution in [0.3, 0.4) is 0 Å². The fraction of sp³-hybridized carbons (Fsp3) is 0.267. The fourth-order valence-corrected chi connectivity index (χ4v) is 2.53. The first kappa shape index (κ1) is 15.6. The van der Waals surface area contributed by atoms with Crippen molar-refractivity contribution in [2.75, 3.05) is 12.4 Å². The van der Waals surface area contributed by atoms with Crippen LogP contribution in [-0.2, 0) is 17.9 Å². The van der Waals surface area contributed by atoms with Gasteiger partial charge in [0, 0.05) is 28.4 Å². The van der Waals surface area contributed by atoms with Crippen LogP contribution in [0.4, 0.5) is 5.69 Å². The monoisotopic (exact) mass is 353 g/mol.